The molecule has 0 fully saturated rings. The molecule has 0 aliphatic rings. The quantitative estimate of drug-likeness (QED) is 0.724. The van der Waals surface area contributed by atoms with Gasteiger partial charge in [0.1, 0.15) is 5.82 Å². The number of anilines is 1. The van der Waals surface area contributed by atoms with Crippen molar-refractivity contribution in [3.63, 3.8) is 0 Å². The number of benzene rings is 2. The predicted octanol–water partition coefficient (Wildman–Crippen LogP) is 2.76. The molecule has 0 saturated heterocycles. The van der Waals surface area contributed by atoms with Crippen LogP contribution >= 0.6 is 11.8 Å². The van der Waals surface area contributed by atoms with Gasteiger partial charge in [-0.1, -0.05) is 50.2 Å². The minimum absolute atomic E-state index is 0.157. The number of H-pyrrole nitrogens is 1. The standard InChI is InChI=1S/C19H19N3O3S/c1-12(2)26-11-18(24)20-16-10-17(23)21-19(25)22(16)15-9-5-7-13-6-3-4-8-14(13)15/h3-10,12H,11H2,1-2H3,(H,20,24)(H,21,23,25). The van der Waals surface area contributed by atoms with Crippen LogP contribution in [-0.2, 0) is 4.79 Å². The van der Waals surface area contributed by atoms with Crippen molar-refractivity contribution in [2.24, 2.45) is 0 Å². The molecule has 0 unspecified atom stereocenters. The zero-order valence-corrected chi connectivity index (χ0v) is 15.3. The lowest BCUT2D eigenvalue weighted by Crippen LogP contribution is -2.32. The predicted molar refractivity (Wildman–Crippen MR) is 106 cm³/mol. The Labute approximate surface area is 154 Å². The van der Waals surface area contributed by atoms with E-state index >= 15 is 0 Å². The van der Waals surface area contributed by atoms with Gasteiger partial charge in [-0.15, -0.1) is 11.8 Å². The molecule has 0 aliphatic heterocycles. The molecule has 3 aromatic rings. The fourth-order valence-corrected chi connectivity index (χ4v) is 3.21. The molecule has 0 radical (unpaired) electrons. The number of amides is 1. The number of nitrogens with zero attached hydrogens (tertiary/aromatic N) is 1. The molecule has 3 rings (SSSR count). The Morgan fingerprint density at radius 2 is 1.88 bits per heavy atom. The van der Waals surface area contributed by atoms with E-state index in [-0.39, 0.29) is 17.5 Å². The van der Waals surface area contributed by atoms with E-state index in [0.29, 0.717) is 10.9 Å². The molecule has 1 heterocycles. The van der Waals surface area contributed by atoms with E-state index in [9.17, 15) is 14.4 Å². The third-order valence-electron chi connectivity index (χ3n) is 3.76. The summed E-state index contributed by atoms with van der Waals surface area (Å²) in [5.74, 6) is 0.140. The van der Waals surface area contributed by atoms with Gasteiger partial charge in [0.25, 0.3) is 5.56 Å². The van der Waals surface area contributed by atoms with Crippen LogP contribution in [0.4, 0.5) is 5.82 Å². The summed E-state index contributed by atoms with van der Waals surface area (Å²) < 4.78 is 1.32. The number of carbonyl (C=O) groups excluding carboxylic acids is 1. The molecule has 26 heavy (non-hydrogen) atoms. The highest BCUT2D eigenvalue weighted by molar-refractivity contribution is 8.00. The number of rotatable bonds is 5. The summed E-state index contributed by atoms with van der Waals surface area (Å²) in [6.45, 7) is 3.99. The van der Waals surface area contributed by atoms with Crippen LogP contribution in [-0.4, -0.2) is 26.5 Å². The van der Waals surface area contributed by atoms with Gasteiger partial charge in [-0.05, 0) is 16.7 Å². The Hall–Kier alpha value is -2.80. The van der Waals surface area contributed by atoms with Gasteiger partial charge < -0.3 is 5.32 Å². The van der Waals surface area contributed by atoms with Crippen LogP contribution < -0.4 is 16.6 Å². The van der Waals surface area contributed by atoms with E-state index in [0.717, 1.165) is 10.8 Å². The summed E-state index contributed by atoms with van der Waals surface area (Å²) in [6, 6.07) is 14.4. The van der Waals surface area contributed by atoms with E-state index in [1.54, 1.807) is 6.07 Å². The zero-order chi connectivity index (χ0) is 18.7. The Kier molecular flexibility index (Phi) is 5.27. The van der Waals surface area contributed by atoms with Crippen LogP contribution in [0.3, 0.4) is 0 Å². The van der Waals surface area contributed by atoms with Crippen molar-refractivity contribution in [2.45, 2.75) is 19.1 Å². The smallest absolute Gasteiger partial charge is 0.311 e. The summed E-state index contributed by atoms with van der Waals surface area (Å²) in [4.78, 5) is 38.8. The fraction of sp³-hybridized carbons (Fsp3) is 0.211. The average Bonchev–Trinajstić information content (AvgIpc) is 2.59. The molecule has 0 saturated carbocycles. The lowest BCUT2D eigenvalue weighted by molar-refractivity contribution is -0.113. The van der Waals surface area contributed by atoms with Crippen molar-refractivity contribution in [3.05, 3.63) is 69.4 Å². The number of hydrogen-bond acceptors (Lipinski definition) is 4. The highest BCUT2D eigenvalue weighted by Crippen LogP contribution is 2.23. The third-order valence-corrected chi connectivity index (χ3v) is 4.86. The van der Waals surface area contributed by atoms with Gasteiger partial charge in [0.05, 0.1) is 11.4 Å². The minimum atomic E-state index is -0.597. The summed E-state index contributed by atoms with van der Waals surface area (Å²) in [7, 11) is 0. The van der Waals surface area contributed by atoms with Gasteiger partial charge in [-0.25, -0.2) is 9.36 Å². The SMILES string of the molecule is CC(C)SCC(=O)Nc1cc(=O)[nH]c(=O)n1-c1cccc2ccccc12. The highest BCUT2D eigenvalue weighted by Gasteiger charge is 2.14. The Morgan fingerprint density at radius 1 is 1.15 bits per heavy atom. The summed E-state index contributed by atoms with van der Waals surface area (Å²) in [5.41, 5.74) is -0.560. The molecular weight excluding hydrogens is 350 g/mol. The Balaban J connectivity index is 2.11. The van der Waals surface area contributed by atoms with Crippen molar-refractivity contribution >= 4 is 34.3 Å². The number of aromatic nitrogens is 2. The molecule has 0 aliphatic carbocycles. The van der Waals surface area contributed by atoms with Crippen LogP contribution in [0.1, 0.15) is 13.8 Å². The number of aromatic amines is 1. The second kappa shape index (κ2) is 7.61. The Morgan fingerprint density at radius 3 is 2.65 bits per heavy atom. The largest absolute Gasteiger partial charge is 0.334 e. The number of carbonyl (C=O) groups is 1. The van der Waals surface area contributed by atoms with Gasteiger partial charge in [-0.2, -0.15) is 0 Å². The summed E-state index contributed by atoms with van der Waals surface area (Å²) in [5, 5.41) is 4.80. The molecule has 2 aromatic carbocycles. The second-order valence-corrected chi connectivity index (χ2v) is 7.63. The molecule has 0 spiro atoms. The monoisotopic (exact) mass is 369 g/mol. The first-order valence-electron chi connectivity index (χ1n) is 8.21. The van der Waals surface area contributed by atoms with Crippen molar-refractivity contribution in [3.8, 4) is 5.69 Å². The van der Waals surface area contributed by atoms with Crippen LogP contribution in [0.5, 0.6) is 0 Å². The van der Waals surface area contributed by atoms with E-state index in [2.05, 4.69) is 10.3 Å². The van der Waals surface area contributed by atoms with E-state index in [4.69, 9.17) is 0 Å². The van der Waals surface area contributed by atoms with Gasteiger partial charge in [0.2, 0.25) is 5.91 Å². The average molecular weight is 369 g/mol. The highest BCUT2D eigenvalue weighted by atomic mass is 32.2. The van der Waals surface area contributed by atoms with Crippen molar-refractivity contribution in [1.82, 2.24) is 9.55 Å². The number of hydrogen-bond donors (Lipinski definition) is 2. The summed E-state index contributed by atoms with van der Waals surface area (Å²) >= 11 is 1.49. The molecule has 7 heteroatoms. The molecule has 0 bridgehead atoms. The van der Waals surface area contributed by atoms with Crippen LogP contribution in [0.15, 0.2) is 58.1 Å². The molecule has 1 amide bonds. The lowest BCUT2D eigenvalue weighted by atomic mass is 10.1. The third kappa shape index (κ3) is 3.88. The van der Waals surface area contributed by atoms with Crippen molar-refractivity contribution in [1.29, 1.82) is 0 Å². The first-order valence-corrected chi connectivity index (χ1v) is 9.26. The van der Waals surface area contributed by atoms with Crippen molar-refractivity contribution < 1.29 is 4.79 Å². The van der Waals surface area contributed by atoms with Gasteiger partial charge in [0, 0.05) is 11.5 Å². The van der Waals surface area contributed by atoms with Gasteiger partial charge in [0.15, 0.2) is 0 Å². The van der Waals surface area contributed by atoms with Gasteiger partial charge >= 0.3 is 5.69 Å². The molecular formula is C19H19N3O3S. The Bertz CT molecular complexity index is 1060. The number of fused-ring (bicyclic) bond motifs is 1. The summed E-state index contributed by atoms with van der Waals surface area (Å²) in [6.07, 6.45) is 0. The molecule has 0 atom stereocenters. The topological polar surface area (TPSA) is 84.0 Å². The molecule has 6 nitrogen and oxygen atoms in total. The first-order chi connectivity index (χ1) is 12.5. The maximum Gasteiger partial charge on any atom is 0.334 e. The van der Waals surface area contributed by atoms with Gasteiger partial charge in [-0.3, -0.25) is 14.6 Å². The minimum Gasteiger partial charge on any atom is -0.311 e. The number of thioether (sulfide) groups is 1. The van der Waals surface area contributed by atoms with Crippen LogP contribution in [0.2, 0.25) is 0 Å². The molecule has 1 aromatic heterocycles. The van der Waals surface area contributed by atoms with Crippen LogP contribution in [0, 0.1) is 0 Å². The maximum atomic E-state index is 12.5. The first kappa shape index (κ1) is 18.0. The van der Waals surface area contributed by atoms with Crippen molar-refractivity contribution in [2.75, 3.05) is 11.1 Å². The normalized spacial score (nSPS) is 11.0. The van der Waals surface area contributed by atoms with E-state index < -0.39 is 11.2 Å². The zero-order valence-electron chi connectivity index (χ0n) is 14.5. The fourth-order valence-electron chi connectivity index (χ4n) is 2.65. The van der Waals surface area contributed by atoms with E-state index in [1.165, 1.54) is 22.4 Å². The molecule has 134 valence electrons. The van der Waals surface area contributed by atoms with E-state index in [1.807, 2.05) is 50.2 Å². The van der Waals surface area contributed by atoms with Crippen LogP contribution in [0.25, 0.3) is 16.5 Å². The maximum absolute atomic E-state index is 12.5. The number of nitrogens with one attached hydrogen (secondary N) is 2. The second-order valence-electron chi connectivity index (χ2n) is 6.07. The molecule has 2 N–H and O–H groups in total. The lowest BCUT2D eigenvalue weighted by Gasteiger charge is -2.15.